The third-order valence-corrected chi connectivity index (χ3v) is 3.01. The first-order valence-corrected chi connectivity index (χ1v) is 5.70. The molecule has 0 aliphatic carbocycles. The molecule has 0 fully saturated rings. The van der Waals surface area contributed by atoms with Gasteiger partial charge in [-0.3, -0.25) is 4.68 Å². The summed E-state index contributed by atoms with van der Waals surface area (Å²) in [5.74, 6) is -0.0967. The van der Waals surface area contributed by atoms with Crippen LogP contribution in [0.5, 0.6) is 5.75 Å². The molecular formula is C13H16FN3O. The van der Waals surface area contributed by atoms with Crippen LogP contribution in [0.2, 0.25) is 0 Å². The van der Waals surface area contributed by atoms with Gasteiger partial charge in [-0.25, -0.2) is 4.39 Å². The number of halogens is 1. The fourth-order valence-electron chi connectivity index (χ4n) is 1.84. The topological polar surface area (TPSA) is 53.1 Å². The van der Waals surface area contributed by atoms with Crippen molar-refractivity contribution in [2.45, 2.75) is 20.0 Å². The quantitative estimate of drug-likeness (QED) is 0.899. The van der Waals surface area contributed by atoms with E-state index in [1.165, 1.54) is 7.11 Å². The number of nitrogens with two attached hydrogens (primary N) is 1. The lowest BCUT2D eigenvalue weighted by Crippen LogP contribution is -2.07. The van der Waals surface area contributed by atoms with Crippen LogP contribution in [0.1, 0.15) is 16.8 Å². The molecule has 0 atom stereocenters. The molecule has 0 saturated heterocycles. The third-order valence-electron chi connectivity index (χ3n) is 3.01. The van der Waals surface area contributed by atoms with Crippen LogP contribution in [0.25, 0.3) is 0 Å². The van der Waals surface area contributed by atoms with Gasteiger partial charge in [0.15, 0.2) is 11.6 Å². The lowest BCUT2D eigenvalue weighted by atomic mass is 10.2. The molecule has 2 rings (SSSR count). The summed E-state index contributed by atoms with van der Waals surface area (Å²) < 4.78 is 20.7. The minimum absolute atomic E-state index is 0.247. The molecular weight excluding hydrogens is 233 g/mol. The van der Waals surface area contributed by atoms with Gasteiger partial charge < -0.3 is 10.5 Å². The van der Waals surface area contributed by atoms with Gasteiger partial charge in [0.2, 0.25) is 0 Å². The monoisotopic (exact) mass is 249 g/mol. The Morgan fingerprint density at radius 3 is 2.78 bits per heavy atom. The number of hydrogen-bond acceptors (Lipinski definition) is 3. The van der Waals surface area contributed by atoms with Crippen molar-refractivity contribution in [1.29, 1.82) is 0 Å². The van der Waals surface area contributed by atoms with Crippen molar-refractivity contribution in [2.75, 3.05) is 7.11 Å². The Bertz CT molecular complexity index is 551. The van der Waals surface area contributed by atoms with Crippen LogP contribution in [-0.4, -0.2) is 16.9 Å². The van der Waals surface area contributed by atoms with Gasteiger partial charge in [0.1, 0.15) is 0 Å². The predicted octanol–water partition coefficient (Wildman–Crippen LogP) is 1.85. The van der Waals surface area contributed by atoms with E-state index in [2.05, 4.69) is 5.10 Å². The van der Waals surface area contributed by atoms with E-state index in [0.29, 0.717) is 18.7 Å². The first-order valence-electron chi connectivity index (χ1n) is 5.70. The van der Waals surface area contributed by atoms with Gasteiger partial charge >= 0.3 is 0 Å². The number of benzene rings is 1. The Hall–Kier alpha value is -1.88. The third kappa shape index (κ3) is 2.22. The Kier molecular flexibility index (Phi) is 3.62. The van der Waals surface area contributed by atoms with Crippen LogP contribution in [-0.2, 0) is 13.1 Å². The number of nitrogens with zero attached hydrogens (tertiary/aromatic N) is 2. The second-order valence-electron chi connectivity index (χ2n) is 4.05. The summed E-state index contributed by atoms with van der Waals surface area (Å²) in [5, 5.41) is 4.21. The molecule has 2 aromatic rings. The highest BCUT2D eigenvalue weighted by Gasteiger charge is 2.11. The standard InChI is InChI=1S/C13H16FN3O/c1-9-11(6-15)7-16-17(9)8-10-4-3-5-12(18-2)13(10)14/h3-5,7H,6,8,15H2,1-2H3. The highest BCUT2D eigenvalue weighted by molar-refractivity contribution is 5.31. The zero-order valence-electron chi connectivity index (χ0n) is 10.5. The molecule has 0 unspecified atom stereocenters. The Morgan fingerprint density at radius 2 is 2.17 bits per heavy atom. The zero-order chi connectivity index (χ0) is 13.1. The first-order chi connectivity index (χ1) is 8.67. The summed E-state index contributed by atoms with van der Waals surface area (Å²) in [7, 11) is 1.45. The van der Waals surface area contributed by atoms with Crippen molar-refractivity contribution in [3.8, 4) is 5.75 Å². The maximum Gasteiger partial charge on any atom is 0.170 e. The number of hydrogen-bond donors (Lipinski definition) is 1. The summed E-state index contributed by atoms with van der Waals surface area (Å²) in [6.07, 6.45) is 1.72. The Balaban J connectivity index is 2.31. The van der Waals surface area contributed by atoms with Gasteiger partial charge in [-0.05, 0) is 13.0 Å². The van der Waals surface area contributed by atoms with E-state index in [9.17, 15) is 4.39 Å². The van der Waals surface area contributed by atoms with Gasteiger partial charge in [0, 0.05) is 23.4 Å². The number of methoxy groups -OCH3 is 1. The summed E-state index contributed by atoms with van der Waals surface area (Å²) in [6, 6.07) is 5.08. The van der Waals surface area contributed by atoms with E-state index in [-0.39, 0.29) is 11.6 Å². The molecule has 0 radical (unpaired) electrons. The molecule has 1 aromatic carbocycles. The van der Waals surface area contributed by atoms with Crippen molar-refractivity contribution in [3.05, 3.63) is 47.0 Å². The van der Waals surface area contributed by atoms with E-state index >= 15 is 0 Å². The predicted molar refractivity (Wildman–Crippen MR) is 66.9 cm³/mol. The van der Waals surface area contributed by atoms with E-state index in [0.717, 1.165) is 11.3 Å². The van der Waals surface area contributed by atoms with Crippen LogP contribution >= 0.6 is 0 Å². The summed E-state index contributed by atoms with van der Waals surface area (Å²) in [6.45, 7) is 2.73. The first kappa shape index (κ1) is 12.6. The van der Waals surface area contributed by atoms with E-state index in [1.54, 1.807) is 29.1 Å². The Morgan fingerprint density at radius 1 is 1.39 bits per heavy atom. The molecule has 1 aromatic heterocycles. The molecule has 0 bridgehead atoms. The average molecular weight is 249 g/mol. The average Bonchev–Trinajstić information content (AvgIpc) is 2.73. The molecule has 0 aliphatic heterocycles. The molecule has 2 N–H and O–H groups in total. The second kappa shape index (κ2) is 5.18. The van der Waals surface area contributed by atoms with Crippen LogP contribution in [0.4, 0.5) is 4.39 Å². The SMILES string of the molecule is COc1cccc(Cn2ncc(CN)c2C)c1F. The van der Waals surface area contributed by atoms with E-state index in [4.69, 9.17) is 10.5 Å². The lowest BCUT2D eigenvalue weighted by molar-refractivity contribution is 0.383. The van der Waals surface area contributed by atoms with Gasteiger partial charge in [-0.1, -0.05) is 12.1 Å². The molecule has 96 valence electrons. The minimum Gasteiger partial charge on any atom is -0.494 e. The molecule has 0 spiro atoms. The molecule has 0 aliphatic rings. The zero-order valence-corrected chi connectivity index (χ0v) is 10.5. The van der Waals surface area contributed by atoms with Crippen molar-refractivity contribution >= 4 is 0 Å². The lowest BCUT2D eigenvalue weighted by Gasteiger charge is -2.09. The second-order valence-corrected chi connectivity index (χ2v) is 4.05. The van der Waals surface area contributed by atoms with Gasteiger partial charge in [0.05, 0.1) is 19.9 Å². The van der Waals surface area contributed by atoms with Crippen molar-refractivity contribution < 1.29 is 9.13 Å². The van der Waals surface area contributed by atoms with E-state index < -0.39 is 0 Å². The number of aromatic nitrogens is 2. The minimum atomic E-state index is -0.343. The summed E-state index contributed by atoms with van der Waals surface area (Å²) in [4.78, 5) is 0. The number of ether oxygens (including phenoxy) is 1. The summed E-state index contributed by atoms with van der Waals surface area (Å²) >= 11 is 0. The smallest absolute Gasteiger partial charge is 0.170 e. The normalized spacial score (nSPS) is 10.7. The van der Waals surface area contributed by atoms with Crippen LogP contribution in [0, 0.1) is 12.7 Å². The fourth-order valence-corrected chi connectivity index (χ4v) is 1.84. The van der Waals surface area contributed by atoms with Gasteiger partial charge in [0.25, 0.3) is 0 Å². The number of rotatable bonds is 4. The Labute approximate surface area is 105 Å². The molecule has 4 nitrogen and oxygen atoms in total. The highest BCUT2D eigenvalue weighted by atomic mass is 19.1. The van der Waals surface area contributed by atoms with E-state index in [1.807, 2.05) is 6.92 Å². The largest absolute Gasteiger partial charge is 0.494 e. The molecule has 1 heterocycles. The van der Waals surface area contributed by atoms with Crippen molar-refractivity contribution in [2.24, 2.45) is 5.73 Å². The fraction of sp³-hybridized carbons (Fsp3) is 0.308. The summed E-state index contributed by atoms with van der Waals surface area (Å²) in [5.41, 5.74) is 8.06. The molecule has 0 amide bonds. The van der Waals surface area contributed by atoms with Crippen LogP contribution < -0.4 is 10.5 Å². The van der Waals surface area contributed by atoms with Gasteiger partial charge in [-0.15, -0.1) is 0 Å². The van der Waals surface area contributed by atoms with Crippen molar-refractivity contribution in [3.63, 3.8) is 0 Å². The molecule has 18 heavy (non-hydrogen) atoms. The van der Waals surface area contributed by atoms with Crippen LogP contribution in [0.3, 0.4) is 0 Å². The molecule has 5 heteroatoms. The maximum atomic E-state index is 14.0. The highest BCUT2D eigenvalue weighted by Crippen LogP contribution is 2.21. The van der Waals surface area contributed by atoms with Gasteiger partial charge in [-0.2, -0.15) is 5.10 Å². The van der Waals surface area contributed by atoms with Crippen molar-refractivity contribution in [1.82, 2.24) is 9.78 Å². The maximum absolute atomic E-state index is 14.0. The molecule has 0 saturated carbocycles. The van der Waals surface area contributed by atoms with Crippen LogP contribution in [0.15, 0.2) is 24.4 Å².